The third-order valence-electron chi connectivity index (χ3n) is 3.32. The Morgan fingerprint density at radius 1 is 1.33 bits per heavy atom. The van der Waals surface area contributed by atoms with E-state index in [1.807, 2.05) is 12.1 Å². The molecule has 0 fully saturated rings. The molecule has 1 heterocycles. The maximum atomic E-state index is 6.00. The van der Waals surface area contributed by atoms with Gasteiger partial charge in [-0.05, 0) is 44.4 Å². The van der Waals surface area contributed by atoms with Gasteiger partial charge in [-0.1, -0.05) is 12.1 Å². The predicted molar refractivity (Wildman–Crippen MR) is 75.5 cm³/mol. The summed E-state index contributed by atoms with van der Waals surface area (Å²) < 4.78 is 5.78. The monoisotopic (exact) mass is 248 g/mol. The van der Waals surface area contributed by atoms with Crippen molar-refractivity contribution in [2.24, 2.45) is 0 Å². The zero-order valence-electron chi connectivity index (χ0n) is 11.7. The topological polar surface area (TPSA) is 38.5 Å². The Balaban J connectivity index is 1.89. The van der Waals surface area contributed by atoms with Gasteiger partial charge in [-0.3, -0.25) is 4.90 Å². The normalized spacial score (nSPS) is 16.6. The number of nitrogen functional groups attached to an aromatic ring is 1. The number of benzene rings is 1. The van der Waals surface area contributed by atoms with Crippen molar-refractivity contribution in [3.8, 4) is 0 Å². The van der Waals surface area contributed by atoms with Crippen LogP contribution in [0.25, 0.3) is 0 Å². The van der Waals surface area contributed by atoms with E-state index in [9.17, 15) is 0 Å². The van der Waals surface area contributed by atoms with E-state index >= 15 is 0 Å². The van der Waals surface area contributed by atoms with Gasteiger partial charge in [0, 0.05) is 25.3 Å². The molecule has 0 aromatic heterocycles. The molecule has 0 atom stereocenters. The minimum Gasteiger partial charge on any atom is -0.398 e. The van der Waals surface area contributed by atoms with Crippen LogP contribution in [0.5, 0.6) is 0 Å². The number of rotatable bonds is 3. The molecule has 0 saturated carbocycles. The van der Waals surface area contributed by atoms with E-state index in [1.54, 1.807) is 0 Å². The second-order valence-corrected chi connectivity index (χ2v) is 5.97. The molecular weight excluding hydrogens is 224 g/mol. The van der Waals surface area contributed by atoms with Crippen LogP contribution in [0.4, 0.5) is 5.69 Å². The summed E-state index contributed by atoms with van der Waals surface area (Å²) in [5.41, 5.74) is 9.61. The lowest BCUT2D eigenvalue weighted by Gasteiger charge is -2.30. The third kappa shape index (κ3) is 3.47. The van der Waals surface area contributed by atoms with Crippen molar-refractivity contribution in [3.05, 3.63) is 29.3 Å². The summed E-state index contributed by atoms with van der Waals surface area (Å²) in [6.45, 7) is 10.1. The first-order valence-corrected chi connectivity index (χ1v) is 6.68. The number of ether oxygens (including phenoxy) is 1. The smallest absolute Gasteiger partial charge is 0.0600 e. The Kier molecular flexibility index (Phi) is 3.93. The van der Waals surface area contributed by atoms with Crippen molar-refractivity contribution < 1.29 is 4.74 Å². The van der Waals surface area contributed by atoms with Crippen LogP contribution in [-0.2, 0) is 17.7 Å². The highest BCUT2D eigenvalue weighted by Gasteiger charge is 2.18. The summed E-state index contributed by atoms with van der Waals surface area (Å²) in [5.74, 6) is 0. The van der Waals surface area contributed by atoms with Crippen LogP contribution >= 0.6 is 0 Å². The molecular formula is C15H24N2O. The van der Waals surface area contributed by atoms with E-state index in [1.165, 1.54) is 11.1 Å². The van der Waals surface area contributed by atoms with Gasteiger partial charge in [-0.25, -0.2) is 0 Å². The van der Waals surface area contributed by atoms with Gasteiger partial charge >= 0.3 is 0 Å². The minimum atomic E-state index is -0.0435. The molecule has 2 rings (SSSR count). The Morgan fingerprint density at radius 3 is 2.83 bits per heavy atom. The van der Waals surface area contributed by atoms with E-state index in [0.29, 0.717) is 0 Å². The van der Waals surface area contributed by atoms with Crippen LogP contribution in [0, 0.1) is 0 Å². The molecule has 18 heavy (non-hydrogen) atoms. The molecule has 100 valence electrons. The molecule has 2 N–H and O–H groups in total. The molecule has 0 unspecified atom stereocenters. The maximum Gasteiger partial charge on any atom is 0.0600 e. The van der Waals surface area contributed by atoms with Crippen molar-refractivity contribution >= 4 is 5.69 Å². The highest BCUT2D eigenvalue weighted by molar-refractivity contribution is 5.51. The maximum absolute atomic E-state index is 6.00. The summed E-state index contributed by atoms with van der Waals surface area (Å²) >= 11 is 0. The first-order valence-electron chi connectivity index (χ1n) is 6.68. The Bertz CT molecular complexity index is 409. The van der Waals surface area contributed by atoms with Crippen LogP contribution in [0.2, 0.25) is 0 Å². The first kappa shape index (κ1) is 13.4. The van der Waals surface area contributed by atoms with Crippen LogP contribution in [0.1, 0.15) is 31.9 Å². The third-order valence-corrected chi connectivity index (χ3v) is 3.32. The summed E-state index contributed by atoms with van der Waals surface area (Å²) in [7, 11) is 0. The molecule has 3 nitrogen and oxygen atoms in total. The van der Waals surface area contributed by atoms with Gasteiger partial charge in [0.25, 0.3) is 0 Å². The van der Waals surface area contributed by atoms with Crippen molar-refractivity contribution in [1.29, 1.82) is 0 Å². The summed E-state index contributed by atoms with van der Waals surface area (Å²) in [6, 6.07) is 6.23. The molecule has 1 aromatic rings. The Morgan fingerprint density at radius 2 is 2.11 bits per heavy atom. The Hall–Kier alpha value is -1.06. The lowest BCUT2D eigenvalue weighted by molar-refractivity contribution is -0.0143. The molecule has 3 heteroatoms. The van der Waals surface area contributed by atoms with E-state index in [2.05, 4.69) is 31.7 Å². The average molecular weight is 248 g/mol. The lowest BCUT2D eigenvalue weighted by atomic mass is 9.98. The zero-order valence-corrected chi connectivity index (χ0v) is 11.7. The van der Waals surface area contributed by atoms with Crippen molar-refractivity contribution in [2.45, 2.75) is 39.3 Å². The van der Waals surface area contributed by atoms with Crippen molar-refractivity contribution in [1.82, 2.24) is 4.90 Å². The van der Waals surface area contributed by atoms with E-state index in [0.717, 1.165) is 38.3 Å². The quantitative estimate of drug-likeness (QED) is 0.835. The van der Waals surface area contributed by atoms with Crippen LogP contribution in [0.15, 0.2) is 18.2 Å². The molecule has 0 amide bonds. The van der Waals surface area contributed by atoms with E-state index < -0.39 is 0 Å². The lowest BCUT2D eigenvalue weighted by Crippen LogP contribution is -2.35. The first-order chi connectivity index (χ1) is 8.46. The standard InChI is InChI=1S/C15H24N2O/c1-15(2,3)18-10-9-17-8-7-13-12(11-17)5-4-6-14(13)16/h4-6H,7-11,16H2,1-3H3. The number of fused-ring (bicyclic) bond motifs is 1. The zero-order chi connectivity index (χ0) is 13.2. The number of nitrogens with zero attached hydrogens (tertiary/aromatic N) is 1. The predicted octanol–water partition coefficient (Wildman–Crippen LogP) is 2.44. The number of nitrogens with two attached hydrogens (primary N) is 1. The van der Waals surface area contributed by atoms with E-state index in [-0.39, 0.29) is 5.60 Å². The number of anilines is 1. The van der Waals surface area contributed by atoms with Crippen LogP contribution < -0.4 is 5.73 Å². The molecule has 0 spiro atoms. The number of hydrogen-bond donors (Lipinski definition) is 1. The Labute approximate surface area is 110 Å². The molecule has 0 bridgehead atoms. The molecule has 1 aliphatic rings. The van der Waals surface area contributed by atoms with Crippen LogP contribution in [-0.4, -0.2) is 30.2 Å². The van der Waals surface area contributed by atoms with Gasteiger partial charge in [0.15, 0.2) is 0 Å². The molecule has 1 aliphatic heterocycles. The fraction of sp³-hybridized carbons (Fsp3) is 0.600. The van der Waals surface area contributed by atoms with Gasteiger partial charge < -0.3 is 10.5 Å². The largest absolute Gasteiger partial charge is 0.398 e. The summed E-state index contributed by atoms with van der Waals surface area (Å²) in [6.07, 6.45) is 1.05. The average Bonchev–Trinajstić information content (AvgIpc) is 2.27. The molecule has 1 aromatic carbocycles. The van der Waals surface area contributed by atoms with E-state index in [4.69, 9.17) is 10.5 Å². The fourth-order valence-corrected chi connectivity index (χ4v) is 2.37. The van der Waals surface area contributed by atoms with Crippen molar-refractivity contribution in [2.75, 3.05) is 25.4 Å². The van der Waals surface area contributed by atoms with Gasteiger partial charge in [0.05, 0.1) is 12.2 Å². The van der Waals surface area contributed by atoms with Gasteiger partial charge in [0.2, 0.25) is 0 Å². The van der Waals surface area contributed by atoms with Crippen molar-refractivity contribution in [3.63, 3.8) is 0 Å². The number of hydrogen-bond acceptors (Lipinski definition) is 3. The second kappa shape index (κ2) is 5.29. The van der Waals surface area contributed by atoms with Crippen LogP contribution in [0.3, 0.4) is 0 Å². The van der Waals surface area contributed by atoms with Gasteiger partial charge in [-0.15, -0.1) is 0 Å². The van der Waals surface area contributed by atoms with Gasteiger partial charge in [-0.2, -0.15) is 0 Å². The molecule has 0 saturated heterocycles. The van der Waals surface area contributed by atoms with Gasteiger partial charge in [0.1, 0.15) is 0 Å². The summed E-state index contributed by atoms with van der Waals surface area (Å²) in [4.78, 5) is 2.44. The summed E-state index contributed by atoms with van der Waals surface area (Å²) in [5, 5.41) is 0. The SMILES string of the molecule is CC(C)(C)OCCN1CCc2c(N)cccc2C1. The highest BCUT2D eigenvalue weighted by atomic mass is 16.5. The molecule has 0 aliphatic carbocycles. The fourth-order valence-electron chi connectivity index (χ4n) is 2.37. The second-order valence-electron chi connectivity index (χ2n) is 5.97. The minimum absolute atomic E-state index is 0.0435. The molecule has 0 radical (unpaired) electrons. The highest BCUT2D eigenvalue weighted by Crippen LogP contribution is 2.23.